The average Bonchev–Trinajstić information content (AvgIpc) is 2.87. The van der Waals surface area contributed by atoms with E-state index in [1.54, 1.807) is 7.05 Å². The molecule has 0 aliphatic carbocycles. The van der Waals surface area contributed by atoms with Crippen LogP contribution < -0.4 is 15.5 Å². The highest BCUT2D eigenvalue weighted by molar-refractivity contribution is 6.00. The minimum Gasteiger partial charge on any atom is -0.380 e. The molecule has 0 atom stereocenters. The van der Waals surface area contributed by atoms with Crippen LogP contribution in [0.25, 0.3) is 0 Å². The molecule has 0 bridgehead atoms. The van der Waals surface area contributed by atoms with Gasteiger partial charge in [0.2, 0.25) is 0 Å². The molecule has 1 heterocycles. The molecule has 0 aromatic heterocycles. The second-order valence-electron chi connectivity index (χ2n) is 7.79. The summed E-state index contributed by atoms with van der Waals surface area (Å²) in [5.74, 6) is -0.0455. The van der Waals surface area contributed by atoms with Crippen molar-refractivity contribution in [3.05, 3.63) is 95.6 Å². The highest BCUT2D eigenvalue weighted by Crippen LogP contribution is 2.26. The van der Waals surface area contributed by atoms with Gasteiger partial charge in [-0.15, -0.1) is 0 Å². The molecule has 1 aliphatic rings. The van der Waals surface area contributed by atoms with Crippen LogP contribution in [-0.2, 0) is 6.54 Å². The Hall–Kier alpha value is -3.80. The van der Waals surface area contributed by atoms with Crippen LogP contribution in [-0.4, -0.2) is 49.9 Å². The van der Waals surface area contributed by atoms with Crippen LogP contribution in [0.2, 0.25) is 0 Å². The summed E-state index contributed by atoms with van der Waals surface area (Å²) in [4.78, 5) is 29.3. The molecule has 3 aromatic rings. The summed E-state index contributed by atoms with van der Waals surface area (Å²) in [6, 6.07) is 25.4. The molecule has 2 amide bonds. The summed E-state index contributed by atoms with van der Waals surface area (Å²) in [6.07, 6.45) is 0. The fourth-order valence-corrected chi connectivity index (χ4v) is 3.93. The van der Waals surface area contributed by atoms with Crippen LogP contribution in [0.3, 0.4) is 0 Å². The number of nitrogens with one attached hydrogen (secondary N) is 2. The fraction of sp³-hybridized carbons (Fsp3) is 0.231. The summed E-state index contributed by atoms with van der Waals surface area (Å²) in [6.45, 7) is 3.45. The van der Waals surface area contributed by atoms with Gasteiger partial charge in [0.15, 0.2) is 0 Å². The van der Waals surface area contributed by atoms with E-state index in [0.717, 1.165) is 35.6 Å². The first-order valence-corrected chi connectivity index (χ1v) is 10.9. The molecule has 32 heavy (non-hydrogen) atoms. The number of carbonyl (C=O) groups excluding carboxylic acids is 2. The minimum atomic E-state index is -0.120. The maximum absolute atomic E-state index is 12.7. The van der Waals surface area contributed by atoms with Gasteiger partial charge >= 0.3 is 0 Å². The monoisotopic (exact) mass is 428 g/mol. The van der Waals surface area contributed by atoms with Gasteiger partial charge in [-0.05, 0) is 35.9 Å². The van der Waals surface area contributed by atoms with Crippen molar-refractivity contribution in [2.75, 3.05) is 43.4 Å². The van der Waals surface area contributed by atoms with E-state index in [1.807, 2.05) is 71.6 Å². The van der Waals surface area contributed by atoms with E-state index in [4.69, 9.17) is 0 Å². The van der Waals surface area contributed by atoms with Gasteiger partial charge in [0.05, 0.1) is 5.56 Å². The van der Waals surface area contributed by atoms with Crippen LogP contribution in [0, 0.1) is 0 Å². The number of benzene rings is 3. The number of amides is 2. The van der Waals surface area contributed by atoms with Crippen molar-refractivity contribution in [1.82, 2.24) is 10.2 Å². The average molecular weight is 429 g/mol. The smallest absolute Gasteiger partial charge is 0.253 e. The van der Waals surface area contributed by atoms with Crippen molar-refractivity contribution in [3.63, 3.8) is 0 Å². The standard InChI is InChI=1S/C26H28N4O2/c1-27-25(31)23-13-12-22(18-24(23)28-19-20-8-4-2-5-9-20)29-14-16-30(17-15-29)26(32)21-10-6-3-7-11-21/h2-13,18,28H,14-17,19H2,1H3,(H,27,31). The van der Waals surface area contributed by atoms with Crippen LogP contribution in [0.1, 0.15) is 26.3 Å². The van der Waals surface area contributed by atoms with E-state index in [-0.39, 0.29) is 11.8 Å². The normalized spacial score (nSPS) is 13.5. The Morgan fingerprint density at radius 3 is 2.16 bits per heavy atom. The highest BCUT2D eigenvalue weighted by atomic mass is 16.2. The molecule has 4 rings (SSSR count). The van der Waals surface area contributed by atoms with Crippen molar-refractivity contribution in [2.45, 2.75) is 6.54 Å². The fourth-order valence-electron chi connectivity index (χ4n) is 3.93. The Balaban J connectivity index is 1.46. The third-order valence-electron chi connectivity index (χ3n) is 5.75. The van der Waals surface area contributed by atoms with Gasteiger partial charge in [0.25, 0.3) is 11.8 Å². The predicted octanol–water partition coefficient (Wildman–Crippen LogP) is 3.62. The molecule has 6 nitrogen and oxygen atoms in total. The maximum Gasteiger partial charge on any atom is 0.253 e. The zero-order valence-corrected chi connectivity index (χ0v) is 18.3. The number of nitrogens with zero attached hydrogens (tertiary/aromatic N) is 2. The van der Waals surface area contributed by atoms with Crippen LogP contribution in [0.5, 0.6) is 0 Å². The van der Waals surface area contributed by atoms with Crippen molar-refractivity contribution < 1.29 is 9.59 Å². The first kappa shape index (κ1) is 21.4. The molecule has 0 radical (unpaired) electrons. The second-order valence-corrected chi connectivity index (χ2v) is 7.79. The SMILES string of the molecule is CNC(=O)c1ccc(N2CCN(C(=O)c3ccccc3)CC2)cc1NCc1ccccc1. The van der Waals surface area contributed by atoms with E-state index >= 15 is 0 Å². The number of piperazine rings is 1. The van der Waals surface area contributed by atoms with Crippen molar-refractivity contribution in [2.24, 2.45) is 0 Å². The Morgan fingerprint density at radius 1 is 0.844 bits per heavy atom. The van der Waals surface area contributed by atoms with Gasteiger partial charge < -0.3 is 20.4 Å². The third-order valence-corrected chi connectivity index (χ3v) is 5.75. The van der Waals surface area contributed by atoms with Crippen molar-refractivity contribution in [3.8, 4) is 0 Å². The molecule has 3 aromatic carbocycles. The molecular weight excluding hydrogens is 400 g/mol. The van der Waals surface area contributed by atoms with Gasteiger partial charge in [0, 0.05) is 56.7 Å². The Labute approximate surface area is 188 Å². The molecule has 0 spiro atoms. The molecular formula is C26H28N4O2. The number of hydrogen-bond acceptors (Lipinski definition) is 4. The quantitative estimate of drug-likeness (QED) is 0.630. The number of rotatable bonds is 6. The molecule has 1 saturated heterocycles. The van der Waals surface area contributed by atoms with Crippen LogP contribution in [0.15, 0.2) is 78.9 Å². The topological polar surface area (TPSA) is 64.7 Å². The molecule has 0 unspecified atom stereocenters. The van der Waals surface area contributed by atoms with E-state index in [2.05, 4.69) is 27.7 Å². The predicted molar refractivity (Wildman–Crippen MR) is 128 cm³/mol. The molecule has 1 fully saturated rings. The lowest BCUT2D eigenvalue weighted by Crippen LogP contribution is -2.48. The summed E-state index contributed by atoms with van der Waals surface area (Å²) in [7, 11) is 1.64. The number of carbonyl (C=O) groups is 2. The lowest BCUT2D eigenvalue weighted by Gasteiger charge is -2.36. The molecule has 164 valence electrons. The third kappa shape index (κ3) is 4.91. The van der Waals surface area contributed by atoms with Gasteiger partial charge in [0.1, 0.15) is 0 Å². The zero-order chi connectivity index (χ0) is 22.3. The van der Waals surface area contributed by atoms with E-state index < -0.39 is 0 Å². The number of anilines is 2. The van der Waals surface area contributed by atoms with Gasteiger partial charge in [-0.25, -0.2) is 0 Å². The van der Waals surface area contributed by atoms with Gasteiger partial charge in [-0.2, -0.15) is 0 Å². The highest BCUT2D eigenvalue weighted by Gasteiger charge is 2.23. The Kier molecular flexibility index (Phi) is 6.70. The van der Waals surface area contributed by atoms with Crippen molar-refractivity contribution in [1.29, 1.82) is 0 Å². The lowest BCUT2D eigenvalue weighted by atomic mass is 10.1. The van der Waals surface area contributed by atoms with E-state index in [9.17, 15) is 9.59 Å². The molecule has 1 aliphatic heterocycles. The summed E-state index contributed by atoms with van der Waals surface area (Å²) < 4.78 is 0. The summed E-state index contributed by atoms with van der Waals surface area (Å²) in [5, 5.41) is 6.14. The first-order chi connectivity index (χ1) is 15.7. The van der Waals surface area contributed by atoms with Crippen molar-refractivity contribution >= 4 is 23.2 Å². The van der Waals surface area contributed by atoms with Gasteiger partial charge in [-0.1, -0.05) is 48.5 Å². The largest absolute Gasteiger partial charge is 0.380 e. The summed E-state index contributed by atoms with van der Waals surface area (Å²) >= 11 is 0. The van der Waals surface area contributed by atoms with E-state index in [1.165, 1.54) is 0 Å². The number of hydrogen-bond donors (Lipinski definition) is 2. The molecule has 2 N–H and O–H groups in total. The van der Waals surface area contributed by atoms with Crippen LogP contribution in [0.4, 0.5) is 11.4 Å². The maximum atomic E-state index is 12.7. The second kappa shape index (κ2) is 10.0. The van der Waals surface area contributed by atoms with E-state index in [0.29, 0.717) is 25.2 Å². The summed E-state index contributed by atoms with van der Waals surface area (Å²) in [5.41, 5.74) is 4.33. The van der Waals surface area contributed by atoms with Gasteiger partial charge in [-0.3, -0.25) is 9.59 Å². The lowest BCUT2D eigenvalue weighted by molar-refractivity contribution is 0.0746. The molecule has 6 heteroatoms. The molecule has 0 saturated carbocycles. The first-order valence-electron chi connectivity index (χ1n) is 10.9. The Bertz CT molecular complexity index is 1060. The minimum absolute atomic E-state index is 0.0745. The Morgan fingerprint density at radius 2 is 1.50 bits per heavy atom. The van der Waals surface area contributed by atoms with Crippen LogP contribution >= 0.6 is 0 Å². The zero-order valence-electron chi connectivity index (χ0n) is 18.3.